The lowest BCUT2D eigenvalue weighted by Gasteiger charge is -2.24. The summed E-state index contributed by atoms with van der Waals surface area (Å²) in [5.41, 5.74) is 3.24. The monoisotopic (exact) mass is 389 g/mol. The summed E-state index contributed by atoms with van der Waals surface area (Å²) in [7, 11) is 1.61. The topological polar surface area (TPSA) is 47.6 Å². The molecule has 29 heavy (non-hydrogen) atoms. The number of aryl methyl sites for hydroxylation is 1. The predicted molar refractivity (Wildman–Crippen MR) is 115 cm³/mol. The highest BCUT2D eigenvalue weighted by molar-refractivity contribution is 5.82. The molecule has 3 aromatic carbocycles. The first-order valence-corrected chi connectivity index (χ1v) is 9.83. The molecular formula is C25H27NO3. The molecule has 0 fully saturated rings. The van der Waals surface area contributed by atoms with Crippen LogP contribution in [0.4, 0.5) is 0 Å². The van der Waals surface area contributed by atoms with Gasteiger partial charge in [-0.05, 0) is 36.6 Å². The van der Waals surface area contributed by atoms with Crippen LogP contribution in [-0.2, 0) is 4.79 Å². The summed E-state index contributed by atoms with van der Waals surface area (Å²) in [5, 5.41) is 3.17. The minimum absolute atomic E-state index is 0.148. The Morgan fingerprint density at radius 2 is 1.55 bits per heavy atom. The second-order valence-corrected chi connectivity index (χ2v) is 6.96. The largest absolute Gasteiger partial charge is 0.497 e. The van der Waals surface area contributed by atoms with E-state index in [4.69, 9.17) is 9.47 Å². The average molecular weight is 389 g/mol. The fraction of sp³-hybridized carbons (Fsp3) is 0.240. The van der Waals surface area contributed by atoms with E-state index < -0.39 is 6.10 Å². The molecule has 0 saturated heterocycles. The maximum absolute atomic E-state index is 13.1. The molecule has 4 heteroatoms. The molecule has 0 radical (unpaired) electrons. The molecule has 4 nitrogen and oxygen atoms in total. The van der Waals surface area contributed by atoms with E-state index in [1.165, 1.54) is 5.56 Å². The number of hydrogen-bond acceptors (Lipinski definition) is 3. The van der Waals surface area contributed by atoms with Crippen LogP contribution in [0.25, 0.3) is 0 Å². The fourth-order valence-electron chi connectivity index (χ4n) is 3.16. The van der Waals surface area contributed by atoms with E-state index in [0.717, 1.165) is 11.1 Å². The Labute approximate surface area is 172 Å². The van der Waals surface area contributed by atoms with Gasteiger partial charge in [0.15, 0.2) is 6.10 Å². The third-order valence-corrected chi connectivity index (χ3v) is 4.81. The van der Waals surface area contributed by atoms with E-state index >= 15 is 0 Å². The van der Waals surface area contributed by atoms with E-state index in [1.54, 1.807) is 13.2 Å². The molecule has 0 aliphatic carbocycles. The van der Waals surface area contributed by atoms with Crippen molar-refractivity contribution in [2.45, 2.75) is 32.4 Å². The lowest BCUT2D eigenvalue weighted by atomic mass is 9.97. The number of carbonyl (C=O) groups excluding carboxylic acids is 1. The number of amides is 1. The molecule has 3 aromatic rings. The lowest BCUT2D eigenvalue weighted by molar-refractivity contribution is -0.128. The van der Waals surface area contributed by atoms with Crippen LogP contribution in [0.2, 0.25) is 0 Å². The molecule has 0 spiro atoms. The van der Waals surface area contributed by atoms with Crippen molar-refractivity contribution in [1.82, 2.24) is 5.32 Å². The molecule has 0 unspecified atom stereocenters. The molecule has 0 aromatic heterocycles. The third kappa shape index (κ3) is 5.38. The average Bonchev–Trinajstić information content (AvgIpc) is 2.77. The molecule has 0 aliphatic rings. The van der Waals surface area contributed by atoms with Gasteiger partial charge in [-0.3, -0.25) is 4.79 Å². The van der Waals surface area contributed by atoms with Crippen molar-refractivity contribution in [3.63, 3.8) is 0 Å². The first kappa shape index (κ1) is 20.5. The van der Waals surface area contributed by atoms with Crippen molar-refractivity contribution in [1.29, 1.82) is 0 Å². The first-order chi connectivity index (χ1) is 14.1. The standard InChI is InChI=1S/C25H27NO3/c1-4-23(29-22-12-8-11-21(17-22)28-3)25(27)26-24(19-9-6-5-7-10-19)20-15-13-18(2)14-16-20/h5-17,23-24H,4H2,1-3H3,(H,26,27)/t23-,24+/m0/s1. The summed E-state index contributed by atoms with van der Waals surface area (Å²) in [6.07, 6.45) is -0.0443. The summed E-state index contributed by atoms with van der Waals surface area (Å²) in [6.45, 7) is 3.99. The lowest BCUT2D eigenvalue weighted by Crippen LogP contribution is -2.40. The maximum Gasteiger partial charge on any atom is 0.261 e. The van der Waals surface area contributed by atoms with Gasteiger partial charge in [-0.15, -0.1) is 0 Å². The van der Waals surface area contributed by atoms with Crippen molar-refractivity contribution in [3.05, 3.63) is 95.6 Å². The van der Waals surface area contributed by atoms with Gasteiger partial charge in [-0.1, -0.05) is 73.2 Å². The Hall–Kier alpha value is -3.27. The normalized spacial score (nSPS) is 12.7. The quantitative estimate of drug-likeness (QED) is 0.585. The highest BCUT2D eigenvalue weighted by Gasteiger charge is 2.24. The van der Waals surface area contributed by atoms with Crippen LogP contribution in [0.3, 0.4) is 0 Å². The van der Waals surface area contributed by atoms with E-state index in [-0.39, 0.29) is 11.9 Å². The number of nitrogens with one attached hydrogen (secondary N) is 1. The van der Waals surface area contributed by atoms with E-state index in [0.29, 0.717) is 17.9 Å². The van der Waals surface area contributed by atoms with Gasteiger partial charge >= 0.3 is 0 Å². The molecule has 1 amide bonds. The maximum atomic E-state index is 13.1. The highest BCUT2D eigenvalue weighted by Crippen LogP contribution is 2.24. The van der Waals surface area contributed by atoms with Crippen molar-refractivity contribution < 1.29 is 14.3 Å². The van der Waals surface area contributed by atoms with Gasteiger partial charge in [-0.2, -0.15) is 0 Å². The Morgan fingerprint density at radius 3 is 2.21 bits per heavy atom. The Bertz CT molecular complexity index is 922. The molecule has 0 bridgehead atoms. The van der Waals surface area contributed by atoms with Gasteiger partial charge in [0.1, 0.15) is 11.5 Å². The minimum atomic E-state index is -0.598. The van der Waals surface area contributed by atoms with Gasteiger partial charge in [0.25, 0.3) is 5.91 Å². The zero-order chi connectivity index (χ0) is 20.6. The minimum Gasteiger partial charge on any atom is -0.497 e. The number of benzene rings is 3. The molecule has 150 valence electrons. The molecular weight excluding hydrogens is 362 g/mol. The molecule has 0 saturated carbocycles. The van der Waals surface area contributed by atoms with Crippen LogP contribution in [0.15, 0.2) is 78.9 Å². The summed E-state index contributed by atoms with van der Waals surface area (Å²) in [4.78, 5) is 13.1. The molecule has 3 rings (SSSR count). The van der Waals surface area contributed by atoms with Gasteiger partial charge < -0.3 is 14.8 Å². The van der Waals surface area contributed by atoms with Crippen molar-refractivity contribution in [3.8, 4) is 11.5 Å². The first-order valence-electron chi connectivity index (χ1n) is 9.83. The highest BCUT2D eigenvalue weighted by atomic mass is 16.5. The van der Waals surface area contributed by atoms with E-state index in [9.17, 15) is 4.79 Å². The number of ether oxygens (including phenoxy) is 2. The fourth-order valence-corrected chi connectivity index (χ4v) is 3.16. The number of methoxy groups -OCH3 is 1. The van der Waals surface area contributed by atoms with Crippen LogP contribution >= 0.6 is 0 Å². The third-order valence-electron chi connectivity index (χ3n) is 4.81. The van der Waals surface area contributed by atoms with Crippen LogP contribution < -0.4 is 14.8 Å². The second-order valence-electron chi connectivity index (χ2n) is 6.96. The van der Waals surface area contributed by atoms with Crippen LogP contribution in [-0.4, -0.2) is 19.1 Å². The van der Waals surface area contributed by atoms with Crippen molar-refractivity contribution in [2.75, 3.05) is 7.11 Å². The summed E-state index contributed by atoms with van der Waals surface area (Å²) >= 11 is 0. The van der Waals surface area contributed by atoms with Gasteiger partial charge in [-0.25, -0.2) is 0 Å². The van der Waals surface area contributed by atoms with Crippen molar-refractivity contribution >= 4 is 5.91 Å². The summed E-state index contributed by atoms with van der Waals surface area (Å²) in [5.74, 6) is 1.15. The van der Waals surface area contributed by atoms with Gasteiger partial charge in [0.2, 0.25) is 0 Å². The number of hydrogen-bond donors (Lipinski definition) is 1. The van der Waals surface area contributed by atoms with Gasteiger partial charge in [0, 0.05) is 6.07 Å². The second kappa shape index (κ2) is 9.78. The number of rotatable bonds is 8. The SMILES string of the molecule is CC[C@H](Oc1cccc(OC)c1)C(=O)N[C@H](c1ccccc1)c1ccc(C)cc1. The van der Waals surface area contributed by atoms with Crippen LogP contribution in [0.5, 0.6) is 11.5 Å². The van der Waals surface area contributed by atoms with Gasteiger partial charge in [0.05, 0.1) is 13.2 Å². The summed E-state index contributed by atoms with van der Waals surface area (Å²) < 4.78 is 11.2. The molecule has 2 atom stereocenters. The predicted octanol–water partition coefficient (Wildman–Crippen LogP) is 5.07. The van der Waals surface area contributed by atoms with Crippen LogP contribution in [0.1, 0.15) is 36.1 Å². The number of carbonyl (C=O) groups is 1. The molecule has 1 N–H and O–H groups in total. The zero-order valence-corrected chi connectivity index (χ0v) is 17.1. The van der Waals surface area contributed by atoms with E-state index in [2.05, 4.69) is 36.5 Å². The smallest absolute Gasteiger partial charge is 0.261 e. The molecule has 0 aliphatic heterocycles. The van der Waals surface area contributed by atoms with E-state index in [1.807, 2.05) is 55.5 Å². The Balaban J connectivity index is 1.81. The molecule has 0 heterocycles. The van der Waals surface area contributed by atoms with Crippen molar-refractivity contribution in [2.24, 2.45) is 0 Å². The Kier molecular flexibility index (Phi) is 6.90. The summed E-state index contributed by atoms with van der Waals surface area (Å²) in [6, 6.07) is 25.2. The Morgan fingerprint density at radius 1 is 0.897 bits per heavy atom. The zero-order valence-electron chi connectivity index (χ0n) is 17.1. The van der Waals surface area contributed by atoms with Crippen LogP contribution in [0, 0.1) is 6.92 Å².